The molecule has 3 rings (SSSR count). The Bertz CT molecular complexity index is 968. The largest absolute Gasteiger partial charge is 0.411 e. The summed E-state index contributed by atoms with van der Waals surface area (Å²) >= 11 is 22.4. The Morgan fingerprint density at radius 1 is 1.12 bits per heavy atom. The van der Waals surface area contributed by atoms with Crippen LogP contribution in [-0.2, 0) is 4.79 Å². The zero-order valence-corrected chi connectivity index (χ0v) is 17.5. The third-order valence-electron chi connectivity index (χ3n) is 3.12. The Balaban J connectivity index is 1.62. The summed E-state index contributed by atoms with van der Waals surface area (Å²) in [7, 11) is 0. The molecule has 1 amide bonds. The molecule has 3 aromatic rings. The first-order valence-corrected chi connectivity index (χ1v) is 10.0. The molecule has 0 radical (unpaired) electrons. The van der Waals surface area contributed by atoms with Crippen molar-refractivity contribution in [3.63, 3.8) is 0 Å². The second kappa shape index (κ2) is 8.63. The zero-order valence-electron chi connectivity index (χ0n) is 12.8. The third kappa shape index (κ3) is 4.72. The van der Waals surface area contributed by atoms with Gasteiger partial charge in [-0.05, 0) is 40.2 Å². The lowest BCUT2D eigenvalue weighted by molar-refractivity contribution is -0.113. The van der Waals surface area contributed by atoms with Crippen molar-refractivity contribution in [3.8, 4) is 11.5 Å². The van der Waals surface area contributed by atoms with Gasteiger partial charge < -0.3 is 9.73 Å². The Labute approximate surface area is 176 Å². The second-order valence-electron chi connectivity index (χ2n) is 4.94. The molecule has 10 heteroatoms. The lowest BCUT2D eigenvalue weighted by Crippen LogP contribution is -2.14. The van der Waals surface area contributed by atoms with Gasteiger partial charge in [-0.25, -0.2) is 0 Å². The quantitative estimate of drug-likeness (QED) is 0.339. The number of hydrogen-bond donors (Lipinski definition) is 1. The van der Waals surface area contributed by atoms with E-state index in [4.69, 9.17) is 39.2 Å². The van der Waals surface area contributed by atoms with Gasteiger partial charge in [0, 0.05) is 4.47 Å². The number of nitrogens with zero attached hydrogens (tertiary/aromatic N) is 2. The topological polar surface area (TPSA) is 68.0 Å². The molecular weight excluding hydrogens is 485 g/mol. The van der Waals surface area contributed by atoms with Gasteiger partial charge in [0.2, 0.25) is 11.8 Å². The molecule has 26 heavy (non-hydrogen) atoms. The van der Waals surface area contributed by atoms with Crippen LogP contribution in [0, 0.1) is 0 Å². The van der Waals surface area contributed by atoms with E-state index in [0.717, 1.165) is 21.8 Å². The van der Waals surface area contributed by atoms with Gasteiger partial charge in [0.05, 0.1) is 32.1 Å². The van der Waals surface area contributed by atoms with Crippen LogP contribution in [0.25, 0.3) is 11.5 Å². The average Bonchev–Trinajstić information content (AvgIpc) is 3.07. The number of carbonyl (C=O) groups excluding carboxylic acids is 1. The van der Waals surface area contributed by atoms with E-state index in [1.165, 1.54) is 12.1 Å². The number of anilines is 1. The lowest BCUT2D eigenvalue weighted by atomic mass is 10.2. The first-order valence-electron chi connectivity index (χ1n) is 7.09. The molecule has 1 heterocycles. The highest BCUT2D eigenvalue weighted by Gasteiger charge is 2.14. The van der Waals surface area contributed by atoms with Crippen molar-refractivity contribution in [2.45, 2.75) is 5.22 Å². The van der Waals surface area contributed by atoms with E-state index in [9.17, 15) is 4.79 Å². The fourth-order valence-electron chi connectivity index (χ4n) is 1.94. The number of benzene rings is 2. The summed E-state index contributed by atoms with van der Waals surface area (Å²) < 4.78 is 6.42. The Kier molecular flexibility index (Phi) is 6.47. The predicted octanol–water partition coefficient (Wildman–Crippen LogP) is 6.19. The van der Waals surface area contributed by atoms with Crippen LogP contribution < -0.4 is 5.32 Å². The predicted molar refractivity (Wildman–Crippen MR) is 108 cm³/mol. The molecule has 0 unspecified atom stereocenters. The monoisotopic (exact) mass is 491 g/mol. The van der Waals surface area contributed by atoms with Gasteiger partial charge in [-0.2, -0.15) is 0 Å². The maximum Gasteiger partial charge on any atom is 0.277 e. The van der Waals surface area contributed by atoms with Gasteiger partial charge >= 0.3 is 0 Å². The first kappa shape index (κ1) is 19.5. The molecule has 134 valence electrons. The minimum Gasteiger partial charge on any atom is -0.411 e. The Hall–Kier alpha value is -1.25. The highest BCUT2D eigenvalue weighted by Crippen LogP contribution is 2.33. The minimum atomic E-state index is -0.295. The average molecular weight is 494 g/mol. The van der Waals surface area contributed by atoms with Gasteiger partial charge in [-0.15, -0.1) is 10.2 Å². The van der Waals surface area contributed by atoms with Crippen molar-refractivity contribution < 1.29 is 9.21 Å². The second-order valence-corrected chi connectivity index (χ2v) is 7.94. The zero-order chi connectivity index (χ0) is 18.7. The van der Waals surface area contributed by atoms with Crippen LogP contribution in [0.2, 0.25) is 15.1 Å². The van der Waals surface area contributed by atoms with Gasteiger partial charge in [-0.3, -0.25) is 4.79 Å². The van der Waals surface area contributed by atoms with Crippen LogP contribution in [0.1, 0.15) is 0 Å². The summed E-state index contributed by atoms with van der Waals surface area (Å²) in [4.78, 5) is 12.1. The Morgan fingerprint density at radius 3 is 2.62 bits per heavy atom. The van der Waals surface area contributed by atoms with E-state index >= 15 is 0 Å². The third-order valence-corrected chi connectivity index (χ3v) is 5.67. The van der Waals surface area contributed by atoms with E-state index < -0.39 is 0 Å². The first-order chi connectivity index (χ1) is 12.4. The minimum absolute atomic E-state index is 0.0637. The van der Waals surface area contributed by atoms with E-state index in [0.29, 0.717) is 26.6 Å². The maximum absolute atomic E-state index is 12.1. The van der Waals surface area contributed by atoms with Crippen LogP contribution in [-0.4, -0.2) is 21.9 Å². The van der Waals surface area contributed by atoms with Crippen LogP contribution in [0.3, 0.4) is 0 Å². The number of carbonyl (C=O) groups is 1. The number of rotatable bonds is 5. The number of halogens is 4. The van der Waals surface area contributed by atoms with Crippen molar-refractivity contribution in [2.75, 3.05) is 11.1 Å². The summed E-state index contributed by atoms with van der Waals surface area (Å²) in [5.41, 5.74) is 1.16. The number of aromatic nitrogens is 2. The highest BCUT2D eigenvalue weighted by molar-refractivity contribution is 9.10. The smallest absolute Gasteiger partial charge is 0.277 e. The Morgan fingerprint density at radius 2 is 1.85 bits per heavy atom. The van der Waals surface area contributed by atoms with Gasteiger partial charge in [0.25, 0.3) is 5.22 Å². The molecule has 0 saturated carbocycles. The summed E-state index contributed by atoms with van der Waals surface area (Å²) in [5, 5.41) is 11.8. The molecule has 0 fully saturated rings. The summed E-state index contributed by atoms with van der Waals surface area (Å²) in [6, 6.07) is 10.4. The highest BCUT2D eigenvalue weighted by atomic mass is 79.9. The molecule has 0 spiro atoms. The molecule has 2 aromatic carbocycles. The molecule has 0 saturated heterocycles. The fraction of sp³-hybridized carbons (Fsp3) is 0.0625. The van der Waals surface area contributed by atoms with Crippen molar-refractivity contribution >= 4 is 74.1 Å². The molecule has 0 aliphatic rings. The molecule has 0 aliphatic carbocycles. The van der Waals surface area contributed by atoms with Crippen LogP contribution in [0.4, 0.5) is 5.69 Å². The SMILES string of the molecule is O=C(CSc1nnc(-c2ccccc2Br)o1)Nc1cc(Cl)c(Cl)cc1Cl. The van der Waals surface area contributed by atoms with Crippen molar-refractivity contribution in [1.82, 2.24) is 10.2 Å². The van der Waals surface area contributed by atoms with Gasteiger partial charge in [0.1, 0.15) is 0 Å². The van der Waals surface area contributed by atoms with E-state index in [1.54, 1.807) is 0 Å². The number of hydrogen-bond acceptors (Lipinski definition) is 5. The number of thioether (sulfide) groups is 1. The number of amides is 1. The van der Waals surface area contributed by atoms with Crippen LogP contribution in [0.15, 0.2) is 50.5 Å². The summed E-state index contributed by atoms with van der Waals surface area (Å²) in [6.45, 7) is 0. The van der Waals surface area contributed by atoms with Gasteiger partial charge in [0.15, 0.2) is 0 Å². The molecule has 0 bridgehead atoms. The van der Waals surface area contributed by atoms with E-state index in [1.807, 2.05) is 24.3 Å². The normalized spacial score (nSPS) is 10.8. The molecule has 0 atom stereocenters. The van der Waals surface area contributed by atoms with Crippen molar-refractivity contribution in [1.29, 1.82) is 0 Å². The fourth-order valence-corrected chi connectivity index (χ4v) is 3.56. The molecule has 1 N–H and O–H groups in total. The van der Waals surface area contributed by atoms with E-state index in [-0.39, 0.29) is 16.9 Å². The number of nitrogens with one attached hydrogen (secondary N) is 1. The molecule has 1 aromatic heterocycles. The van der Waals surface area contributed by atoms with Gasteiger partial charge in [-0.1, -0.05) is 58.7 Å². The standard InChI is InChI=1S/C16H9BrCl3N3O2S/c17-9-4-2-1-3-8(9)15-22-23-16(25-15)26-7-14(24)21-13-6-11(19)10(18)5-12(13)20/h1-6H,7H2,(H,21,24). The lowest BCUT2D eigenvalue weighted by Gasteiger charge is -2.07. The van der Waals surface area contributed by atoms with Crippen LogP contribution >= 0.6 is 62.5 Å². The molecular formula is C16H9BrCl3N3O2S. The maximum atomic E-state index is 12.1. The molecule has 5 nitrogen and oxygen atoms in total. The van der Waals surface area contributed by atoms with Crippen molar-refractivity contribution in [2.24, 2.45) is 0 Å². The summed E-state index contributed by atoms with van der Waals surface area (Å²) in [6.07, 6.45) is 0. The van der Waals surface area contributed by atoms with Crippen molar-refractivity contribution in [3.05, 3.63) is 55.9 Å². The molecule has 0 aliphatic heterocycles. The van der Waals surface area contributed by atoms with Crippen LogP contribution in [0.5, 0.6) is 0 Å². The van der Waals surface area contributed by atoms with E-state index in [2.05, 4.69) is 31.4 Å². The summed E-state index contributed by atoms with van der Waals surface area (Å²) in [5.74, 6) is 0.137.